The summed E-state index contributed by atoms with van der Waals surface area (Å²) in [5.41, 5.74) is 1.30. The summed E-state index contributed by atoms with van der Waals surface area (Å²) in [5.74, 6) is 1.05. The van der Waals surface area contributed by atoms with Crippen molar-refractivity contribution in [3.05, 3.63) is 23.9 Å². The van der Waals surface area contributed by atoms with Crippen molar-refractivity contribution in [3.8, 4) is 0 Å². The zero-order valence-corrected chi connectivity index (χ0v) is 12.6. The van der Waals surface area contributed by atoms with Gasteiger partial charge in [-0.3, -0.25) is 4.90 Å². The summed E-state index contributed by atoms with van der Waals surface area (Å²) in [7, 11) is 2.09. The van der Waals surface area contributed by atoms with E-state index in [-0.39, 0.29) is 0 Å². The van der Waals surface area contributed by atoms with E-state index in [0.717, 1.165) is 32.0 Å². The summed E-state index contributed by atoms with van der Waals surface area (Å²) < 4.78 is 0. The minimum atomic E-state index is 0.478. The third-order valence-electron chi connectivity index (χ3n) is 3.97. The molecule has 1 N–H and O–H groups in total. The lowest BCUT2D eigenvalue weighted by Crippen LogP contribution is -2.49. The highest BCUT2D eigenvalue weighted by Crippen LogP contribution is 2.14. The van der Waals surface area contributed by atoms with Gasteiger partial charge in [-0.15, -0.1) is 0 Å². The van der Waals surface area contributed by atoms with Crippen LogP contribution in [-0.2, 0) is 6.54 Å². The van der Waals surface area contributed by atoms with Crippen LogP contribution in [0, 0.1) is 0 Å². The maximum absolute atomic E-state index is 4.57. The second-order valence-corrected chi connectivity index (χ2v) is 5.75. The first kappa shape index (κ1) is 14.3. The van der Waals surface area contributed by atoms with E-state index < -0.39 is 0 Å². The van der Waals surface area contributed by atoms with E-state index in [1.165, 1.54) is 5.56 Å². The van der Waals surface area contributed by atoms with Gasteiger partial charge >= 0.3 is 0 Å². The standard InChI is InChI=1S/C15H26N4/c1-12(2)18(4)15-6-5-14(10-17-15)11-19-8-7-16-9-13(19)3/h5-6,10,12-13,16H,7-9,11H2,1-4H3/t13-/m1/s1. The van der Waals surface area contributed by atoms with Crippen LogP contribution in [0.2, 0.25) is 0 Å². The number of rotatable bonds is 4. The molecule has 0 spiro atoms. The maximum Gasteiger partial charge on any atom is 0.128 e. The Bertz CT molecular complexity index is 388. The molecule has 0 saturated carbocycles. The van der Waals surface area contributed by atoms with Crippen molar-refractivity contribution >= 4 is 5.82 Å². The smallest absolute Gasteiger partial charge is 0.128 e. The monoisotopic (exact) mass is 262 g/mol. The van der Waals surface area contributed by atoms with E-state index in [1.54, 1.807) is 0 Å². The van der Waals surface area contributed by atoms with Crippen molar-refractivity contribution in [3.63, 3.8) is 0 Å². The summed E-state index contributed by atoms with van der Waals surface area (Å²) in [4.78, 5) is 9.28. The molecule has 2 heterocycles. The van der Waals surface area contributed by atoms with Crippen LogP contribution < -0.4 is 10.2 Å². The highest BCUT2D eigenvalue weighted by Gasteiger charge is 2.17. The Labute approximate surface area is 116 Å². The van der Waals surface area contributed by atoms with Gasteiger partial charge in [0.2, 0.25) is 0 Å². The van der Waals surface area contributed by atoms with Gasteiger partial charge in [-0.1, -0.05) is 6.07 Å². The van der Waals surface area contributed by atoms with E-state index in [1.807, 2.05) is 6.20 Å². The average Bonchev–Trinajstić information content (AvgIpc) is 2.41. The fraction of sp³-hybridized carbons (Fsp3) is 0.667. The molecule has 0 amide bonds. The van der Waals surface area contributed by atoms with Gasteiger partial charge in [0.05, 0.1) is 0 Å². The number of anilines is 1. The molecule has 1 atom stereocenters. The van der Waals surface area contributed by atoms with Gasteiger partial charge in [0, 0.05) is 51.5 Å². The van der Waals surface area contributed by atoms with Crippen molar-refractivity contribution in [2.24, 2.45) is 0 Å². The molecule has 4 heteroatoms. The average molecular weight is 262 g/mol. The normalized spacial score (nSPS) is 20.8. The predicted molar refractivity (Wildman–Crippen MR) is 80.5 cm³/mol. The summed E-state index contributed by atoms with van der Waals surface area (Å²) >= 11 is 0. The molecule has 1 aliphatic rings. The van der Waals surface area contributed by atoms with Gasteiger partial charge in [0.15, 0.2) is 0 Å². The molecule has 1 saturated heterocycles. The van der Waals surface area contributed by atoms with Crippen molar-refractivity contribution in [1.29, 1.82) is 0 Å². The fourth-order valence-corrected chi connectivity index (χ4v) is 2.34. The largest absolute Gasteiger partial charge is 0.357 e. The Hall–Kier alpha value is -1.13. The summed E-state index contributed by atoms with van der Waals surface area (Å²) in [6.07, 6.45) is 2.02. The van der Waals surface area contributed by atoms with Gasteiger partial charge in [-0.2, -0.15) is 0 Å². The number of nitrogens with one attached hydrogen (secondary N) is 1. The third-order valence-corrected chi connectivity index (χ3v) is 3.97. The lowest BCUT2D eigenvalue weighted by atomic mass is 10.2. The Morgan fingerprint density at radius 2 is 2.26 bits per heavy atom. The molecule has 0 aromatic carbocycles. The van der Waals surface area contributed by atoms with Crippen LogP contribution in [0.15, 0.2) is 18.3 Å². The Kier molecular flexibility index (Phi) is 4.77. The van der Waals surface area contributed by atoms with Gasteiger partial charge in [0.25, 0.3) is 0 Å². The van der Waals surface area contributed by atoms with Gasteiger partial charge in [0.1, 0.15) is 5.82 Å². The Balaban J connectivity index is 1.98. The van der Waals surface area contributed by atoms with Crippen LogP contribution >= 0.6 is 0 Å². The van der Waals surface area contributed by atoms with E-state index in [2.05, 4.69) is 60.1 Å². The van der Waals surface area contributed by atoms with Crippen molar-refractivity contribution in [1.82, 2.24) is 15.2 Å². The van der Waals surface area contributed by atoms with E-state index in [9.17, 15) is 0 Å². The first-order valence-electron chi connectivity index (χ1n) is 7.20. The molecule has 1 aliphatic heterocycles. The fourth-order valence-electron chi connectivity index (χ4n) is 2.34. The van der Waals surface area contributed by atoms with Crippen LogP contribution in [0.4, 0.5) is 5.82 Å². The summed E-state index contributed by atoms with van der Waals surface area (Å²) in [5, 5.41) is 3.42. The molecular weight excluding hydrogens is 236 g/mol. The first-order valence-corrected chi connectivity index (χ1v) is 7.20. The molecule has 4 nitrogen and oxygen atoms in total. The van der Waals surface area contributed by atoms with E-state index in [4.69, 9.17) is 0 Å². The van der Waals surface area contributed by atoms with Crippen LogP contribution in [0.25, 0.3) is 0 Å². The number of piperazine rings is 1. The van der Waals surface area contributed by atoms with Crippen LogP contribution in [0.3, 0.4) is 0 Å². The molecule has 1 aromatic heterocycles. The molecule has 2 rings (SSSR count). The quantitative estimate of drug-likeness (QED) is 0.895. The van der Waals surface area contributed by atoms with Gasteiger partial charge in [-0.05, 0) is 32.4 Å². The predicted octanol–water partition coefficient (Wildman–Crippen LogP) is 1.72. The number of hydrogen-bond donors (Lipinski definition) is 1. The Morgan fingerprint density at radius 1 is 1.47 bits per heavy atom. The molecule has 0 aliphatic carbocycles. The lowest BCUT2D eigenvalue weighted by Gasteiger charge is -2.33. The second kappa shape index (κ2) is 6.35. The topological polar surface area (TPSA) is 31.4 Å². The minimum Gasteiger partial charge on any atom is -0.357 e. The molecular formula is C15H26N4. The van der Waals surface area contributed by atoms with Crippen molar-refractivity contribution in [2.75, 3.05) is 31.6 Å². The molecule has 106 valence electrons. The third kappa shape index (κ3) is 3.67. The molecule has 19 heavy (non-hydrogen) atoms. The second-order valence-electron chi connectivity index (χ2n) is 5.75. The number of nitrogens with zero attached hydrogens (tertiary/aromatic N) is 3. The number of aromatic nitrogens is 1. The van der Waals surface area contributed by atoms with Crippen LogP contribution in [0.5, 0.6) is 0 Å². The highest BCUT2D eigenvalue weighted by atomic mass is 15.2. The number of pyridine rings is 1. The maximum atomic E-state index is 4.57. The van der Waals surface area contributed by atoms with Crippen LogP contribution in [-0.4, -0.2) is 48.6 Å². The summed E-state index contributed by atoms with van der Waals surface area (Å²) in [6, 6.07) is 5.41. The SMILES string of the molecule is CC(C)N(C)c1ccc(CN2CCNC[C@H]2C)cn1. The lowest BCUT2D eigenvalue weighted by molar-refractivity contribution is 0.165. The van der Waals surface area contributed by atoms with Gasteiger partial charge < -0.3 is 10.2 Å². The first-order chi connectivity index (χ1) is 9.08. The highest BCUT2D eigenvalue weighted by molar-refractivity contribution is 5.39. The molecule has 0 bridgehead atoms. The molecule has 1 aromatic rings. The van der Waals surface area contributed by atoms with Crippen LogP contribution in [0.1, 0.15) is 26.3 Å². The van der Waals surface area contributed by atoms with E-state index in [0.29, 0.717) is 12.1 Å². The molecule has 0 radical (unpaired) electrons. The molecule has 0 unspecified atom stereocenters. The van der Waals surface area contributed by atoms with Gasteiger partial charge in [-0.25, -0.2) is 4.98 Å². The minimum absolute atomic E-state index is 0.478. The Morgan fingerprint density at radius 3 is 2.84 bits per heavy atom. The zero-order valence-electron chi connectivity index (χ0n) is 12.6. The molecule has 1 fully saturated rings. The van der Waals surface area contributed by atoms with Crippen molar-refractivity contribution < 1.29 is 0 Å². The zero-order chi connectivity index (χ0) is 13.8. The summed E-state index contributed by atoms with van der Waals surface area (Å²) in [6.45, 7) is 10.9. The number of hydrogen-bond acceptors (Lipinski definition) is 4. The van der Waals surface area contributed by atoms with E-state index >= 15 is 0 Å². The van der Waals surface area contributed by atoms with Crippen molar-refractivity contribution in [2.45, 2.75) is 39.4 Å².